The zero-order valence-electron chi connectivity index (χ0n) is 15.0. The predicted molar refractivity (Wildman–Crippen MR) is 103 cm³/mol. The minimum absolute atomic E-state index is 0.138. The Labute approximate surface area is 158 Å². The number of sulfonamides is 1. The molecule has 1 amide bonds. The molecule has 5 nitrogen and oxygen atoms in total. The molecule has 0 atom stereocenters. The number of nitrogens with one attached hydrogen (secondary N) is 1. The van der Waals surface area contributed by atoms with Gasteiger partial charge in [-0.05, 0) is 49.9 Å². The van der Waals surface area contributed by atoms with Crippen LogP contribution in [0.2, 0.25) is 0 Å². The third-order valence-corrected chi connectivity index (χ3v) is 7.30. The van der Waals surface area contributed by atoms with E-state index in [0.717, 1.165) is 5.56 Å². The van der Waals surface area contributed by atoms with Crippen LogP contribution in [0.5, 0.6) is 0 Å². The average molecular weight is 388 g/mol. The van der Waals surface area contributed by atoms with Crippen molar-refractivity contribution in [3.63, 3.8) is 0 Å². The van der Waals surface area contributed by atoms with Crippen molar-refractivity contribution in [2.24, 2.45) is 0 Å². The van der Waals surface area contributed by atoms with Gasteiger partial charge in [0.1, 0.15) is 5.82 Å². The van der Waals surface area contributed by atoms with Crippen LogP contribution in [0, 0.1) is 12.7 Å². The normalized spacial score (nSPS) is 19.7. The molecule has 7 heteroatoms. The molecule has 27 heavy (non-hydrogen) atoms. The molecule has 2 aromatic rings. The second-order valence-corrected chi connectivity index (χ2v) is 9.27. The number of hydrogen-bond acceptors (Lipinski definition) is 3. The molecule has 1 heterocycles. The topological polar surface area (TPSA) is 66.5 Å². The first kappa shape index (κ1) is 18.0. The van der Waals surface area contributed by atoms with Crippen LogP contribution in [0.1, 0.15) is 30.4 Å². The Morgan fingerprint density at radius 3 is 2.56 bits per heavy atom. The number of benzene rings is 2. The maximum Gasteiger partial charge on any atom is 0.235 e. The standard InChI is InChI=1S/C20H21FN2O3S/c1-14-7-8-15(23-11-4-12-27(23,25)26)13-18(14)22-19(24)20(9-10-20)16-5-2-3-6-17(16)21/h2-3,5-8,13H,4,9-12H2,1H3,(H,22,24). The molecule has 4 rings (SSSR count). The number of aryl methyl sites for hydroxylation is 1. The molecule has 0 aromatic heterocycles. The second-order valence-electron chi connectivity index (χ2n) is 7.26. The number of nitrogens with zero attached hydrogens (tertiary/aromatic N) is 1. The highest BCUT2D eigenvalue weighted by Gasteiger charge is 2.52. The monoisotopic (exact) mass is 388 g/mol. The van der Waals surface area contributed by atoms with Crippen molar-refractivity contribution in [3.05, 3.63) is 59.4 Å². The van der Waals surface area contributed by atoms with Gasteiger partial charge in [0, 0.05) is 17.8 Å². The lowest BCUT2D eigenvalue weighted by molar-refractivity contribution is -0.118. The van der Waals surface area contributed by atoms with Gasteiger partial charge in [0.05, 0.1) is 16.9 Å². The van der Waals surface area contributed by atoms with Crippen molar-refractivity contribution in [2.75, 3.05) is 21.9 Å². The summed E-state index contributed by atoms with van der Waals surface area (Å²) in [7, 11) is -3.29. The number of amides is 1. The molecule has 1 saturated heterocycles. The summed E-state index contributed by atoms with van der Waals surface area (Å²) < 4.78 is 39.9. The van der Waals surface area contributed by atoms with Gasteiger partial charge < -0.3 is 5.32 Å². The predicted octanol–water partition coefficient (Wildman–Crippen LogP) is 3.34. The third-order valence-electron chi connectivity index (χ3n) is 5.43. The van der Waals surface area contributed by atoms with Crippen molar-refractivity contribution < 1.29 is 17.6 Å². The summed E-state index contributed by atoms with van der Waals surface area (Å²) in [4.78, 5) is 13.0. The quantitative estimate of drug-likeness (QED) is 0.874. The number of halogens is 1. The number of hydrogen-bond donors (Lipinski definition) is 1. The van der Waals surface area contributed by atoms with Gasteiger partial charge in [-0.15, -0.1) is 0 Å². The Kier molecular flexibility index (Phi) is 4.22. The van der Waals surface area contributed by atoms with Crippen LogP contribution in [0.4, 0.5) is 15.8 Å². The Balaban J connectivity index is 1.62. The van der Waals surface area contributed by atoms with Crippen molar-refractivity contribution >= 4 is 27.3 Å². The SMILES string of the molecule is Cc1ccc(N2CCCS2(=O)=O)cc1NC(=O)C1(c2ccccc2F)CC1. The largest absolute Gasteiger partial charge is 0.325 e. The Morgan fingerprint density at radius 1 is 1.19 bits per heavy atom. The summed E-state index contributed by atoms with van der Waals surface area (Å²) in [6, 6.07) is 11.6. The van der Waals surface area contributed by atoms with Crippen LogP contribution in [0.25, 0.3) is 0 Å². The minimum atomic E-state index is -3.29. The van der Waals surface area contributed by atoms with E-state index in [9.17, 15) is 17.6 Å². The van der Waals surface area contributed by atoms with Gasteiger partial charge in [-0.3, -0.25) is 9.10 Å². The Morgan fingerprint density at radius 2 is 1.93 bits per heavy atom. The molecule has 2 fully saturated rings. The van der Waals surface area contributed by atoms with Crippen LogP contribution in [0.3, 0.4) is 0 Å². The fourth-order valence-corrected chi connectivity index (χ4v) is 5.22. The van der Waals surface area contributed by atoms with Crippen LogP contribution >= 0.6 is 0 Å². The zero-order chi connectivity index (χ0) is 19.2. The van der Waals surface area contributed by atoms with E-state index in [2.05, 4.69) is 5.32 Å². The molecule has 0 unspecified atom stereocenters. The van der Waals surface area contributed by atoms with Gasteiger partial charge in [0.15, 0.2) is 0 Å². The van der Waals surface area contributed by atoms with E-state index in [1.165, 1.54) is 10.4 Å². The minimum Gasteiger partial charge on any atom is -0.325 e. The van der Waals surface area contributed by atoms with Crippen molar-refractivity contribution in [1.82, 2.24) is 0 Å². The lowest BCUT2D eigenvalue weighted by atomic mass is 9.94. The molecule has 1 aliphatic heterocycles. The zero-order valence-corrected chi connectivity index (χ0v) is 15.9. The highest BCUT2D eigenvalue weighted by molar-refractivity contribution is 7.93. The van der Waals surface area contributed by atoms with E-state index in [4.69, 9.17) is 0 Å². The molecule has 142 valence electrons. The average Bonchev–Trinajstić information content (AvgIpc) is 3.35. The summed E-state index contributed by atoms with van der Waals surface area (Å²) in [6.45, 7) is 2.29. The molecule has 2 aliphatic rings. The van der Waals surface area contributed by atoms with E-state index in [1.807, 2.05) is 6.92 Å². The summed E-state index contributed by atoms with van der Waals surface area (Å²) in [6.07, 6.45) is 1.78. The fourth-order valence-electron chi connectivity index (χ4n) is 3.66. The Bertz CT molecular complexity index is 1020. The summed E-state index contributed by atoms with van der Waals surface area (Å²) in [5, 5.41) is 2.90. The van der Waals surface area contributed by atoms with E-state index < -0.39 is 15.4 Å². The lowest BCUT2D eigenvalue weighted by Crippen LogP contribution is -2.29. The lowest BCUT2D eigenvalue weighted by Gasteiger charge is -2.21. The smallest absolute Gasteiger partial charge is 0.235 e. The van der Waals surface area contributed by atoms with E-state index in [1.54, 1.807) is 36.4 Å². The van der Waals surface area contributed by atoms with Crippen molar-refractivity contribution in [2.45, 2.75) is 31.6 Å². The number of carbonyl (C=O) groups is 1. The van der Waals surface area contributed by atoms with Gasteiger partial charge in [-0.1, -0.05) is 24.3 Å². The van der Waals surface area contributed by atoms with E-state index in [-0.39, 0.29) is 17.5 Å². The third kappa shape index (κ3) is 3.10. The number of anilines is 2. The first-order chi connectivity index (χ1) is 12.8. The highest BCUT2D eigenvalue weighted by atomic mass is 32.2. The fraction of sp³-hybridized carbons (Fsp3) is 0.350. The van der Waals surface area contributed by atoms with Crippen LogP contribution in [0.15, 0.2) is 42.5 Å². The van der Waals surface area contributed by atoms with Gasteiger partial charge in [-0.25, -0.2) is 12.8 Å². The molecular weight excluding hydrogens is 367 g/mol. The van der Waals surface area contributed by atoms with Crippen LogP contribution in [-0.4, -0.2) is 26.6 Å². The number of rotatable bonds is 4. The van der Waals surface area contributed by atoms with Crippen molar-refractivity contribution in [3.8, 4) is 0 Å². The molecule has 1 N–H and O–H groups in total. The van der Waals surface area contributed by atoms with E-state index >= 15 is 0 Å². The molecule has 2 aromatic carbocycles. The first-order valence-electron chi connectivity index (χ1n) is 9.01. The summed E-state index contributed by atoms with van der Waals surface area (Å²) in [5.41, 5.74) is 1.51. The van der Waals surface area contributed by atoms with E-state index in [0.29, 0.717) is 42.7 Å². The summed E-state index contributed by atoms with van der Waals surface area (Å²) >= 11 is 0. The summed E-state index contributed by atoms with van der Waals surface area (Å²) in [5.74, 6) is -0.491. The maximum absolute atomic E-state index is 14.2. The van der Waals surface area contributed by atoms with Gasteiger partial charge in [0.25, 0.3) is 0 Å². The highest BCUT2D eigenvalue weighted by Crippen LogP contribution is 2.50. The number of carbonyl (C=O) groups excluding carboxylic acids is 1. The Hall–Kier alpha value is -2.41. The van der Waals surface area contributed by atoms with Gasteiger partial charge >= 0.3 is 0 Å². The van der Waals surface area contributed by atoms with Crippen molar-refractivity contribution in [1.29, 1.82) is 0 Å². The van der Waals surface area contributed by atoms with Gasteiger partial charge in [0.2, 0.25) is 15.9 Å². The van der Waals surface area contributed by atoms with Crippen LogP contribution < -0.4 is 9.62 Å². The molecule has 0 bridgehead atoms. The molecule has 1 aliphatic carbocycles. The second kappa shape index (κ2) is 6.34. The maximum atomic E-state index is 14.2. The van der Waals surface area contributed by atoms with Crippen LogP contribution in [-0.2, 0) is 20.2 Å². The molecule has 1 saturated carbocycles. The molecule has 0 radical (unpaired) electrons. The van der Waals surface area contributed by atoms with Gasteiger partial charge in [-0.2, -0.15) is 0 Å². The first-order valence-corrected chi connectivity index (χ1v) is 10.6. The molecule has 0 spiro atoms. The molecular formula is C20H21FN2O3S.